The van der Waals surface area contributed by atoms with E-state index in [1.807, 2.05) is 11.4 Å². The van der Waals surface area contributed by atoms with Crippen LogP contribution in [0, 0.1) is 0 Å². The molecule has 2 nitrogen and oxygen atoms in total. The minimum atomic E-state index is 0.200. The van der Waals surface area contributed by atoms with Gasteiger partial charge in [-0.25, -0.2) is 0 Å². The first kappa shape index (κ1) is 6.19. The predicted octanol–water partition coefficient (Wildman–Crippen LogP) is 1.01. The van der Waals surface area contributed by atoms with Gasteiger partial charge < -0.3 is 10.5 Å². The predicted molar refractivity (Wildman–Crippen MR) is 41.5 cm³/mol. The highest BCUT2D eigenvalue weighted by Gasteiger charge is 2.16. The highest BCUT2D eigenvalue weighted by atomic mass is 32.1. The van der Waals surface area contributed by atoms with Crippen LogP contribution >= 0.6 is 11.3 Å². The Balaban J connectivity index is 2.30. The third-order valence-corrected chi connectivity index (χ3v) is 2.53. The second-order valence-electron chi connectivity index (χ2n) is 2.48. The minimum absolute atomic E-state index is 0.200. The summed E-state index contributed by atoms with van der Waals surface area (Å²) in [5.74, 6) is 1.03. The van der Waals surface area contributed by atoms with Gasteiger partial charge in [0, 0.05) is 17.3 Å². The van der Waals surface area contributed by atoms with Crippen molar-refractivity contribution in [2.45, 2.75) is 12.5 Å². The molecular formula is C7H9NOS. The van der Waals surface area contributed by atoms with Gasteiger partial charge in [-0.2, -0.15) is 0 Å². The molecular weight excluding hydrogens is 146 g/mol. The topological polar surface area (TPSA) is 35.2 Å². The Kier molecular flexibility index (Phi) is 1.39. The van der Waals surface area contributed by atoms with Crippen LogP contribution in [-0.2, 0) is 6.42 Å². The zero-order chi connectivity index (χ0) is 6.97. The molecule has 0 radical (unpaired) electrons. The van der Waals surface area contributed by atoms with Crippen LogP contribution in [0.1, 0.15) is 4.88 Å². The lowest BCUT2D eigenvalue weighted by Crippen LogP contribution is -2.32. The molecule has 0 bridgehead atoms. The van der Waals surface area contributed by atoms with Crippen molar-refractivity contribution in [3.63, 3.8) is 0 Å². The Morgan fingerprint density at radius 1 is 1.70 bits per heavy atom. The first-order chi connectivity index (χ1) is 4.86. The normalized spacial score (nSPS) is 23.5. The first-order valence-electron chi connectivity index (χ1n) is 3.31. The van der Waals surface area contributed by atoms with Crippen molar-refractivity contribution in [3.05, 3.63) is 16.3 Å². The fraction of sp³-hybridized carbons (Fsp3) is 0.429. The maximum Gasteiger partial charge on any atom is 0.133 e. The number of rotatable bonds is 0. The van der Waals surface area contributed by atoms with Gasteiger partial charge in [0.15, 0.2) is 0 Å². The summed E-state index contributed by atoms with van der Waals surface area (Å²) in [7, 11) is 0. The molecule has 0 fully saturated rings. The minimum Gasteiger partial charge on any atom is -0.491 e. The van der Waals surface area contributed by atoms with Crippen molar-refractivity contribution in [3.8, 4) is 5.75 Å². The third kappa shape index (κ3) is 0.914. The van der Waals surface area contributed by atoms with E-state index in [1.165, 1.54) is 4.88 Å². The van der Waals surface area contributed by atoms with E-state index < -0.39 is 0 Å². The Bertz CT molecular complexity index is 233. The molecule has 0 saturated heterocycles. The number of hydrogen-bond donors (Lipinski definition) is 1. The maximum absolute atomic E-state index is 5.69. The van der Waals surface area contributed by atoms with Crippen LogP contribution in [0.15, 0.2) is 11.4 Å². The second-order valence-corrected chi connectivity index (χ2v) is 3.48. The lowest BCUT2D eigenvalue weighted by molar-refractivity contribution is 0.267. The average molecular weight is 155 g/mol. The smallest absolute Gasteiger partial charge is 0.133 e. The summed E-state index contributed by atoms with van der Waals surface area (Å²) in [6, 6.07) is 2.21. The van der Waals surface area contributed by atoms with E-state index >= 15 is 0 Å². The molecule has 1 aromatic heterocycles. The van der Waals surface area contributed by atoms with E-state index in [1.54, 1.807) is 11.3 Å². The maximum atomic E-state index is 5.69. The van der Waals surface area contributed by atoms with Crippen LogP contribution in [0.3, 0.4) is 0 Å². The van der Waals surface area contributed by atoms with Gasteiger partial charge in [0.1, 0.15) is 12.4 Å². The summed E-state index contributed by atoms with van der Waals surface area (Å²) in [5, 5.41) is 2.04. The fourth-order valence-corrected chi connectivity index (χ4v) is 2.01. The summed E-state index contributed by atoms with van der Waals surface area (Å²) in [4.78, 5) is 1.29. The van der Waals surface area contributed by atoms with Crippen molar-refractivity contribution in [1.82, 2.24) is 0 Å². The van der Waals surface area contributed by atoms with Crippen molar-refractivity contribution in [2.75, 3.05) is 6.61 Å². The molecule has 0 amide bonds. The monoisotopic (exact) mass is 155 g/mol. The van der Waals surface area contributed by atoms with Gasteiger partial charge in [-0.15, -0.1) is 11.3 Å². The molecule has 0 saturated carbocycles. The lowest BCUT2D eigenvalue weighted by Gasteiger charge is -2.18. The summed E-state index contributed by atoms with van der Waals surface area (Å²) in [6.07, 6.45) is 0.979. The van der Waals surface area contributed by atoms with Crippen LogP contribution in [0.5, 0.6) is 5.75 Å². The molecule has 2 rings (SSSR count). The van der Waals surface area contributed by atoms with Crippen LogP contribution in [0.25, 0.3) is 0 Å². The van der Waals surface area contributed by atoms with E-state index in [9.17, 15) is 0 Å². The van der Waals surface area contributed by atoms with Crippen LogP contribution in [-0.4, -0.2) is 12.6 Å². The van der Waals surface area contributed by atoms with Gasteiger partial charge in [0.25, 0.3) is 0 Å². The molecule has 1 aliphatic rings. The van der Waals surface area contributed by atoms with Crippen LogP contribution in [0.2, 0.25) is 0 Å². The van der Waals surface area contributed by atoms with Crippen molar-refractivity contribution in [1.29, 1.82) is 0 Å². The number of hydrogen-bond acceptors (Lipinski definition) is 3. The van der Waals surface area contributed by atoms with Crippen molar-refractivity contribution in [2.24, 2.45) is 5.73 Å². The standard InChI is InChI=1S/C7H9NOS/c8-5-3-7-6(9-4-5)1-2-10-7/h1-2,5H,3-4,8H2. The molecule has 54 valence electrons. The molecule has 0 spiro atoms. The van der Waals surface area contributed by atoms with E-state index in [0.717, 1.165) is 12.2 Å². The van der Waals surface area contributed by atoms with Gasteiger partial charge in [-0.05, 0) is 11.4 Å². The largest absolute Gasteiger partial charge is 0.491 e. The molecule has 10 heavy (non-hydrogen) atoms. The second kappa shape index (κ2) is 2.25. The molecule has 3 heteroatoms. The highest BCUT2D eigenvalue weighted by Crippen LogP contribution is 2.28. The molecule has 2 N–H and O–H groups in total. The average Bonchev–Trinajstić information content (AvgIpc) is 2.33. The van der Waals surface area contributed by atoms with E-state index in [2.05, 4.69) is 0 Å². The lowest BCUT2D eigenvalue weighted by atomic mass is 10.1. The Labute approximate surface area is 63.6 Å². The van der Waals surface area contributed by atoms with Gasteiger partial charge in [0.05, 0.1) is 0 Å². The number of fused-ring (bicyclic) bond motifs is 1. The van der Waals surface area contributed by atoms with Gasteiger partial charge in [-0.1, -0.05) is 0 Å². The molecule has 1 unspecified atom stereocenters. The first-order valence-corrected chi connectivity index (χ1v) is 4.19. The number of nitrogens with two attached hydrogens (primary N) is 1. The molecule has 1 aromatic rings. The molecule has 1 aliphatic heterocycles. The molecule has 0 aromatic carbocycles. The SMILES string of the molecule is NC1COc2ccsc2C1. The summed E-state index contributed by atoms with van der Waals surface area (Å²) in [6.45, 7) is 0.670. The number of thiophene rings is 1. The van der Waals surface area contributed by atoms with Crippen LogP contribution in [0.4, 0.5) is 0 Å². The zero-order valence-corrected chi connectivity index (χ0v) is 6.36. The Morgan fingerprint density at radius 3 is 3.50 bits per heavy atom. The molecule has 0 aliphatic carbocycles. The van der Waals surface area contributed by atoms with Crippen molar-refractivity contribution < 1.29 is 4.74 Å². The van der Waals surface area contributed by atoms with Crippen molar-refractivity contribution >= 4 is 11.3 Å². The van der Waals surface area contributed by atoms with E-state index in [-0.39, 0.29) is 6.04 Å². The van der Waals surface area contributed by atoms with Crippen LogP contribution < -0.4 is 10.5 Å². The fourth-order valence-electron chi connectivity index (χ4n) is 1.10. The Hall–Kier alpha value is -0.540. The van der Waals surface area contributed by atoms with E-state index in [0.29, 0.717) is 6.61 Å². The Morgan fingerprint density at radius 2 is 2.60 bits per heavy atom. The van der Waals surface area contributed by atoms with E-state index in [4.69, 9.17) is 10.5 Å². The highest BCUT2D eigenvalue weighted by molar-refractivity contribution is 7.10. The summed E-state index contributed by atoms with van der Waals surface area (Å²) >= 11 is 1.72. The van der Waals surface area contributed by atoms with Gasteiger partial charge in [0.2, 0.25) is 0 Å². The van der Waals surface area contributed by atoms with Gasteiger partial charge >= 0.3 is 0 Å². The molecule has 2 heterocycles. The van der Waals surface area contributed by atoms with Gasteiger partial charge in [-0.3, -0.25) is 0 Å². The summed E-state index contributed by atoms with van der Waals surface area (Å²) in [5.41, 5.74) is 5.69. The third-order valence-electron chi connectivity index (χ3n) is 1.61. The quantitative estimate of drug-likeness (QED) is 0.607. The zero-order valence-electron chi connectivity index (χ0n) is 5.54. The molecule has 1 atom stereocenters. The summed E-state index contributed by atoms with van der Waals surface area (Å²) < 4.78 is 5.36. The number of ether oxygens (including phenoxy) is 1.